The Kier molecular flexibility index (Phi) is 6.98. The van der Waals surface area contributed by atoms with Crippen molar-refractivity contribution in [3.05, 3.63) is 0 Å². The van der Waals surface area contributed by atoms with Crippen LogP contribution in [0.2, 0.25) is 0 Å². The van der Waals surface area contributed by atoms with Crippen LogP contribution in [-0.2, 0) is 4.74 Å². The van der Waals surface area contributed by atoms with Crippen LogP contribution in [0, 0.1) is 0 Å². The van der Waals surface area contributed by atoms with Crippen LogP contribution >= 0.6 is 0 Å². The first-order valence-corrected chi connectivity index (χ1v) is 6.23. The Hall–Kier alpha value is -0.120. The molecule has 0 saturated carbocycles. The minimum atomic E-state index is 0.885. The van der Waals surface area contributed by atoms with Crippen molar-refractivity contribution in [2.75, 3.05) is 53.5 Å². The van der Waals surface area contributed by atoms with Gasteiger partial charge in [0, 0.05) is 20.3 Å². The molecule has 1 heterocycles. The molecule has 1 saturated heterocycles. The van der Waals surface area contributed by atoms with Crippen molar-refractivity contribution in [2.45, 2.75) is 25.7 Å². The van der Waals surface area contributed by atoms with Crippen molar-refractivity contribution in [3.63, 3.8) is 0 Å². The van der Waals surface area contributed by atoms with Gasteiger partial charge < -0.3 is 14.5 Å². The lowest BCUT2D eigenvalue weighted by molar-refractivity contribution is 0.177. The van der Waals surface area contributed by atoms with Gasteiger partial charge in [0.25, 0.3) is 0 Å². The summed E-state index contributed by atoms with van der Waals surface area (Å²) >= 11 is 0. The van der Waals surface area contributed by atoms with Crippen LogP contribution in [0.25, 0.3) is 0 Å². The fraction of sp³-hybridized carbons (Fsp3) is 1.00. The molecule has 0 radical (unpaired) electrons. The maximum atomic E-state index is 5.04. The quantitative estimate of drug-likeness (QED) is 0.569. The Morgan fingerprint density at radius 1 is 1.13 bits per heavy atom. The predicted molar refractivity (Wildman–Crippen MR) is 64.3 cm³/mol. The van der Waals surface area contributed by atoms with Crippen LogP contribution in [0.15, 0.2) is 0 Å². The van der Waals surface area contributed by atoms with Gasteiger partial charge in [0.05, 0.1) is 0 Å². The molecule has 15 heavy (non-hydrogen) atoms. The second kappa shape index (κ2) is 8.08. The lowest BCUT2D eigenvalue weighted by Crippen LogP contribution is -2.27. The highest BCUT2D eigenvalue weighted by Crippen LogP contribution is 2.07. The smallest absolute Gasteiger partial charge is 0.0474 e. The van der Waals surface area contributed by atoms with E-state index in [1.165, 1.54) is 45.4 Å². The minimum Gasteiger partial charge on any atom is -0.385 e. The Morgan fingerprint density at radius 3 is 2.47 bits per heavy atom. The summed E-state index contributed by atoms with van der Waals surface area (Å²) in [5, 5.41) is 0. The molecule has 0 aromatic carbocycles. The molecule has 0 aromatic rings. The highest BCUT2D eigenvalue weighted by molar-refractivity contribution is 4.66. The number of hydrogen-bond donors (Lipinski definition) is 0. The molecular formula is C12H26N2O. The average molecular weight is 214 g/mol. The highest BCUT2D eigenvalue weighted by atomic mass is 16.5. The molecule has 3 heteroatoms. The third-order valence-corrected chi connectivity index (χ3v) is 3.10. The van der Waals surface area contributed by atoms with E-state index in [0.29, 0.717) is 0 Å². The molecule has 0 atom stereocenters. The molecule has 0 bridgehead atoms. The molecule has 0 N–H and O–H groups in total. The van der Waals surface area contributed by atoms with Gasteiger partial charge in [-0.1, -0.05) is 0 Å². The summed E-state index contributed by atoms with van der Waals surface area (Å²) in [4.78, 5) is 5.00. The molecule has 0 unspecified atom stereocenters. The first-order valence-electron chi connectivity index (χ1n) is 6.23. The summed E-state index contributed by atoms with van der Waals surface area (Å²) in [6.07, 6.45) is 5.27. The van der Waals surface area contributed by atoms with Crippen molar-refractivity contribution >= 4 is 0 Å². The zero-order chi connectivity index (χ0) is 10.9. The molecule has 0 spiro atoms. The average Bonchev–Trinajstić information content (AvgIpc) is 2.71. The lowest BCUT2D eigenvalue weighted by Gasteiger charge is -2.19. The van der Waals surface area contributed by atoms with E-state index in [1.807, 2.05) is 0 Å². The van der Waals surface area contributed by atoms with Gasteiger partial charge >= 0.3 is 0 Å². The van der Waals surface area contributed by atoms with Crippen molar-refractivity contribution in [2.24, 2.45) is 0 Å². The van der Waals surface area contributed by atoms with Crippen LogP contribution in [0.5, 0.6) is 0 Å². The molecule has 1 fully saturated rings. The monoisotopic (exact) mass is 214 g/mol. The summed E-state index contributed by atoms with van der Waals surface area (Å²) in [5.74, 6) is 0. The topological polar surface area (TPSA) is 15.7 Å². The fourth-order valence-corrected chi connectivity index (χ4v) is 2.16. The second-order valence-corrected chi connectivity index (χ2v) is 4.55. The molecule has 3 nitrogen and oxygen atoms in total. The summed E-state index contributed by atoms with van der Waals surface area (Å²) in [5.41, 5.74) is 0. The molecule has 1 rings (SSSR count). The molecular weight excluding hydrogens is 188 g/mol. The number of hydrogen-bond acceptors (Lipinski definition) is 3. The minimum absolute atomic E-state index is 0.885. The third kappa shape index (κ3) is 6.13. The van der Waals surface area contributed by atoms with E-state index >= 15 is 0 Å². The fourth-order valence-electron chi connectivity index (χ4n) is 2.16. The normalized spacial score (nSPS) is 17.8. The zero-order valence-electron chi connectivity index (χ0n) is 10.4. The summed E-state index contributed by atoms with van der Waals surface area (Å²) in [7, 11) is 3.98. The number of rotatable bonds is 8. The van der Waals surface area contributed by atoms with E-state index in [0.717, 1.165) is 19.6 Å². The number of methoxy groups -OCH3 is 1. The van der Waals surface area contributed by atoms with Crippen LogP contribution in [0.3, 0.4) is 0 Å². The van der Waals surface area contributed by atoms with Crippen molar-refractivity contribution < 1.29 is 4.74 Å². The van der Waals surface area contributed by atoms with Gasteiger partial charge in [0.1, 0.15) is 0 Å². The number of likely N-dealkylation sites (tertiary alicyclic amines) is 1. The van der Waals surface area contributed by atoms with Gasteiger partial charge in [-0.25, -0.2) is 0 Å². The highest BCUT2D eigenvalue weighted by Gasteiger charge is 2.10. The second-order valence-electron chi connectivity index (χ2n) is 4.55. The molecule has 90 valence electrons. The van der Waals surface area contributed by atoms with Crippen molar-refractivity contribution in [1.82, 2.24) is 9.80 Å². The lowest BCUT2D eigenvalue weighted by atomic mass is 10.3. The van der Waals surface area contributed by atoms with E-state index in [-0.39, 0.29) is 0 Å². The van der Waals surface area contributed by atoms with Crippen LogP contribution in [0.4, 0.5) is 0 Å². The molecule has 1 aliphatic rings. The largest absolute Gasteiger partial charge is 0.385 e. The Bertz CT molecular complexity index is 147. The SMILES string of the molecule is COCCCN(C)CCCN1CCCC1. The van der Waals surface area contributed by atoms with Crippen molar-refractivity contribution in [3.8, 4) is 0 Å². The van der Waals surface area contributed by atoms with Crippen molar-refractivity contribution in [1.29, 1.82) is 0 Å². The van der Waals surface area contributed by atoms with Crippen LogP contribution in [-0.4, -0.2) is 63.3 Å². The third-order valence-electron chi connectivity index (χ3n) is 3.10. The van der Waals surface area contributed by atoms with E-state index in [9.17, 15) is 0 Å². The first-order chi connectivity index (χ1) is 7.33. The predicted octanol–water partition coefficient (Wildman–Crippen LogP) is 1.44. The Balaban J connectivity index is 1.89. The van der Waals surface area contributed by atoms with E-state index < -0.39 is 0 Å². The maximum absolute atomic E-state index is 5.04. The summed E-state index contributed by atoms with van der Waals surface area (Å²) in [6.45, 7) is 7.21. The van der Waals surface area contributed by atoms with Gasteiger partial charge in [-0.05, 0) is 58.9 Å². The van der Waals surface area contributed by atoms with Gasteiger partial charge in [-0.3, -0.25) is 0 Å². The number of nitrogens with zero attached hydrogens (tertiary/aromatic N) is 2. The van der Waals surface area contributed by atoms with Crippen LogP contribution < -0.4 is 0 Å². The first kappa shape index (κ1) is 12.9. The van der Waals surface area contributed by atoms with Gasteiger partial charge in [0.2, 0.25) is 0 Å². The Labute approximate surface area is 94.4 Å². The standard InChI is InChI=1S/C12H26N2O/c1-13(8-6-12-15-2)7-5-11-14-9-3-4-10-14/h3-12H2,1-2H3. The summed E-state index contributed by atoms with van der Waals surface area (Å²) in [6, 6.07) is 0. The van der Waals surface area contributed by atoms with Gasteiger partial charge in [-0.15, -0.1) is 0 Å². The van der Waals surface area contributed by atoms with Crippen LogP contribution in [0.1, 0.15) is 25.7 Å². The van der Waals surface area contributed by atoms with E-state index in [1.54, 1.807) is 7.11 Å². The molecule has 0 amide bonds. The van der Waals surface area contributed by atoms with E-state index in [2.05, 4.69) is 16.8 Å². The summed E-state index contributed by atoms with van der Waals surface area (Å²) < 4.78 is 5.04. The molecule has 1 aliphatic heterocycles. The van der Waals surface area contributed by atoms with Gasteiger partial charge in [-0.2, -0.15) is 0 Å². The Morgan fingerprint density at radius 2 is 1.80 bits per heavy atom. The molecule has 0 aromatic heterocycles. The van der Waals surface area contributed by atoms with Gasteiger partial charge in [0.15, 0.2) is 0 Å². The number of ether oxygens (including phenoxy) is 1. The maximum Gasteiger partial charge on any atom is 0.0474 e. The zero-order valence-corrected chi connectivity index (χ0v) is 10.4. The van der Waals surface area contributed by atoms with E-state index in [4.69, 9.17) is 4.74 Å². The molecule has 0 aliphatic carbocycles.